The molecule has 0 saturated carbocycles. The molecule has 0 spiro atoms. The predicted molar refractivity (Wildman–Crippen MR) is 65.8 cm³/mol. The summed E-state index contributed by atoms with van der Waals surface area (Å²) in [4.78, 5) is 0. The minimum absolute atomic E-state index is 0.382. The summed E-state index contributed by atoms with van der Waals surface area (Å²) in [6.45, 7) is 5.70. The van der Waals surface area contributed by atoms with Gasteiger partial charge in [0.2, 0.25) is 0 Å². The molecule has 1 aromatic heterocycles. The highest BCUT2D eigenvalue weighted by molar-refractivity contribution is 5.07. The van der Waals surface area contributed by atoms with Crippen LogP contribution in [0.4, 0.5) is 0 Å². The van der Waals surface area contributed by atoms with Crippen molar-refractivity contribution in [2.45, 2.75) is 57.8 Å². The van der Waals surface area contributed by atoms with Gasteiger partial charge in [-0.15, -0.1) is 0 Å². The van der Waals surface area contributed by atoms with Crippen molar-refractivity contribution in [3.05, 3.63) is 18.0 Å². The topological polar surface area (TPSA) is 47.3 Å². The van der Waals surface area contributed by atoms with Gasteiger partial charge in [0.1, 0.15) is 0 Å². The number of aliphatic hydroxyl groups is 1. The molecule has 2 unspecified atom stereocenters. The van der Waals surface area contributed by atoms with E-state index < -0.39 is 6.10 Å². The maximum Gasteiger partial charge on any atom is 0.0915 e. The Labute approximate surface area is 103 Å². The van der Waals surface area contributed by atoms with Crippen molar-refractivity contribution >= 4 is 0 Å². The molecular weight excluding hydrogens is 216 g/mol. The molecule has 1 fully saturated rings. The molecule has 0 aliphatic carbocycles. The van der Waals surface area contributed by atoms with E-state index in [0.29, 0.717) is 6.42 Å². The average molecular weight is 238 g/mol. The Morgan fingerprint density at radius 3 is 3.00 bits per heavy atom. The number of rotatable bonds is 4. The summed E-state index contributed by atoms with van der Waals surface area (Å²) in [5, 5.41) is 14.5. The molecule has 1 aromatic rings. The monoisotopic (exact) mass is 238 g/mol. The van der Waals surface area contributed by atoms with E-state index in [2.05, 4.69) is 12.0 Å². The van der Waals surface area contributed by atoms with E-state index in [-0.39, 0.29) is 5.60 Å². The largest absolute Gasteiger partial charge is 0.390 e. The molecule has 17 heavy (non-hydrogen) atoms. The van der Waals surface area contributed by atoms with Crippen molar-refractivity contribution < 1.29 is 9.84 Å². The standard InChI is InChI=1S/C13H22N2O2/c1-3-15-10-11(9-14-15)8-12(16)13(2)6-4-5-7-17-13/h9-10,12,16H,3-8H2,1-2H3. The van der Waals surface area contributed by atoms with Gasteiger partial charge in [-0.3, -0.25) is 4.68 Å². The fraction of sp³-hybridized carbons (Fsp3) is 0.769. The smallest absolute Gasteiger partial charge is 0.0915 e. The Morgan fingerprint density at radius 1 is 1.59 bits per heavy atom. The zero-order valence-electron chi connectivity index (χ0n) is 10.7. The molecule has 0 radical (unpaired) electrons. The summed E-state index contributed by atoms with van der Waals surface area (Å²) in [6.07, 6.45) is 7.19. The van der Waals surface area contributed by atoms with Crippen molar-refractivity contribution in [2.75, 3.05) is 6.61 Å². The quantitative estimate of drug-likeness (QED) is 0.869. The predicted octanol–water partition coefficient (Wildman–Crippen LogP) is 1.77. The molecule has 1 N–H and O–H groups in total. The molecular formula is C13H22N2O2. The number of ether oxygens (including phenoxy) is 1. The normalized spacial score (nSPS) is 27.0. The number of aliphatic hydroxyl groups excluding tert-OH is 1. The van der Waals surface area contributed by atoms with Crippen molar-refractivity contribution in [3.8, 4) is 0 Å². The summed E-state index contributed by atoms with van der Waals surface area (Å²) in [5.74, 6) is 0. The highest BCUT2D eigenvalue weighted by atomic mass is 16.5. The van der Waals surface area contributed by atoms with Crippen LogP contribution in [-0.4, -0.2) is 33.2 Å². The van der Waals surface area contributed by atoms with Crippen molar-refractivity contribution in [1.29, 1.82) is 0 Å². The first-order chi connectivity index (χ1) is 8.14. The highest BCUT2D eigenvalue weighted by Gasteiger charge is 2.35. The maximum absolute atomic E-state index is 10.3. The van der Waals surface area contributed by atoms with Gasteiger partial charge in [0.05, 0.1) is 17.9 Å². The molecule has 4 heteroatoms. The first-order valence-corrected chi connectivity index (χ1v) is 6.47. The van der Waals surface area contributed by atoms with Gasteiger partial charge in [-0.25, -0.2) is 0 Å². The third-order valence-electron chi connectivity index (χ3n) is 3.64. The van der Waals surface area contributed by atoms with Crippen LogP contribution in [0.1, 0.15) is 38.7 Å². The summed E-state index contributed by atoms with van der Waals surface area (Å²) in [7, 11) is 0. The van der Waals surface area contributed by atoms with E-state index in [1.54, 1.807) is 0 Å². The summed E-state index contributed by atoms with van der Waals surface area (Å²) >= 11 is 0. The molecule has 0 aromatic carbocycles. The van der Waals surface area contributed by atoms with Crippen LogP contribution in [0.25, 0.3) is 0 Å². The van der Waals surface area contributed by atoms with Gasteiger partial charge in [0, 0.05) is 25.8 Å². The van der Waals surface area contributed by atoms with Crippen LogP contribution >= 0.6 is 0 Å². The van der Waals surface area contributed by atoms with E-state index >= 15 is 0 Å². The average Bonchev–Trinajstić information content (AvgIpc) is 2.78. The number of hydrogen-bond donors (Lipinski definition) is 1. The lowest BCUT2D eigenvalue weighted by molar-refractivity contribution is -0.135. The molecule has 1 saturated heterocycles. The Balaban J connectivity index is 1.97. The second-order valence-electron chi connectivity index (χ2n) is 5.04. The van der Waals surface area contributed by atoms with Gasteiger partial charge < -0.3 is 9.84 Å². The molecule has 96 valence electrons. The van der Waals surface area contributed by atoms with Gasteiger partial charge in [-0.2, -0.15) is 5.10 Å². The van der Waals surface area contributed by atoms with Gasteiger partial charge in [0.25, 0.3) is 0 Å². The molecule has 4 nitrogen and oxygen atoms in total. The molecule has 0 amide bonds. The molecule has 1 aliphatic heterocycles. The van der Waals surface area contributed by atoms with Crippen LogP contribution in [0.2, 0.25) is 0 Å². The number of nitrogens with zero attached hydrogens (tertiary/aromatic N) is 2. The fourth-order valence-corrected chi connectivity index (χ4v) is 2.34. The Kier molecular flexibility index (Phi) is 3.84. The second kappa shape index (κ2) is 5.19. The zero-order chi connectivity index (χ0) is 12.3. The number of aromatic nitrogens is 2. The van der Waals surface area contributed by atoms with Gasteiger partial charge in [-0.1, -0.05) is 0 Å². The van der Waals surface area contributed by atoms with Crippen LogP contribution in [-0.2, 0) is 17.7 Å². The Hall–Kier alpha value is -0.870. The third-order valence-corrected chi connectivity index (χ3v) is 3.64. The molecule has 0 bridgehead atoms. The lowest BCUT2D eigenvalue weighted by atomic mass is 9.87. The van der Waals surface area contributed by atoms with Crippen molar-refractivity contribution in [3.63, 3.8) is 0 Å². The first kappa shape index (κ1) is 12.6. The SMILES string of the molecule is CCn1cc(CC(O)C2(C)CCCCO2)cn1. The minimum atomic E-state index is -0.447. The van der Waals surface area contributed by atoms with Crippen LogP contribution < -0.4 is 0 Å². The van der Waals surface area contributed by atoms with Gasteiger partial charge >= 0.3 is 0 Å². The summed E-state index contributed by atoms with van der Waals surface area (Å²) in [6, 6.07) is 0. The fourth-order valence-electron chi connectivity index (χ4n) is 2.34. The minimum Gasteiger partial charge on any atom is -0.390 e. The summed E-state index contributed by atoms with van der Waals surface area (Å²) < 4.78 is 7.64. The van der Waals surface area contributed by atoms with Crippen LogP contribution in [0.5, 0.6) is 0 Å². The lowest BCUT2D eigenvalue weighted by Crippen LogP contribution is -2.45. The molecule has 2 atom stereocenters. The maximum atomic E-state index is 10.3. The molecule has 1 aliphatic rings. The first-order valence-electron chi connectivity index (χ1n) is 6.47. The Bertz CT molecular complexity index is 356. The van der Waals surface area contributed by atoms with E-state index in [1.165, 1.54) is 0 Å². The highest BCUT2D eigenvalue weighted by Crippen LogP contribution is 2.29. The van der Waals surface area contributed by atoms with Crippen LogP contribution in [0, 0.1) is 0 Å². The number of aryl methyl sites for hydroxylation is 1. The van der Waals surface area contributed by atoms with Gasteiger partial charge in [-0.05, 0) is 38.7 Å². The summed E-state index contributed by atoms with van der Waals surface area (Å²) in [5.41, 5.74) is 0.696. The molecule has 2 rings (SSSR count). The Morgan fingerprint density at radius 2 is 2.41 bits per heavy atom. The van der Waals surface area contributed by atoms with Crippen molar-refractivity contribution in [1.82, 2.24) is 9.78 Å². The van der Waals surface area contributed by atoms with Gasteiger partial charge in [0.15, 0.2) is 0 Å². The second-order valence-corrected chi connectivity index (χ2v) is 5.04. The van der Waals surface area contributed by atoms with E-state index in [9.17, 15) is 5.11 Å². The van der Waals surface area contributed by atoms with Crippen molar-refractivity contribution in [2.24, 2.45) is 0 Å². The van der Waals surface area contributed by atoms with Crippen LogP contribution in [0.15, 0.2) is 12.4 Å². The zero-order valence-corrected chi connectivity index (χ0v) is 10.7. The van der Waals surface area contributed by atoms with E-state index in [1.807, 2.05) is 24.0 Å². The van der Waals surface area contributed by atoms with E-state index in [4.69, 9.17) is 4.74 Å². The molecule has 2 heterocycles. The third kappa shape index (κ3) is 2.87. The lowest BCUT2D eigenvalue weighted by Gasteiger charge is -2.37. The van der Waals surface area contributed by atoms with E-state index in [0.717, 1.165) is 38.0 Å². The van der Waals surface area contributed by atoms with Crippen LogP contribution in [0.3, 0.4) is 0 Å². The number of hydrogen-bond acceptors (Lipinski definition) is 3.